The Morgan fingerprint density at radius 2 is 1.94 bits per heavy atom. The molecular formula is C11H20N2O5. The monoisotopic (exact) mass is 260 g/mol. The van der Waals surface area contributed by atoms with E-state index in [4.69, 9.17) is 10.8 Å². The Kier molecular flexibility index (Phi) is 7.69. The highest BCUT2D eigenvalue weighted by Crippen LogP contribution is 2.04. The van der Waals surface area contributed by atoms with E-state index in [-0.39, 0.29) is 24.7 Å². The van der Waals surface area contributed by atoms with E-state index in [9.17, 15) is 14.4 Å². The van der Waals surface area contributed by atoms with Gasteiger partial charge < -0.3 is 20.9 Å². The van der Waals surface area contributed by atoms with Gasteiger partial charge in [-0.1, -0.05) is 6.92 Å². The number of rotatable bonds is 8. The summed E-state index contributed by atoms with van der Waals surface area (Å²) in [5.41, 5.74) is 5.32. The lowest BCUT2D eigenvalue weighted by atomic mass is 10.1. The molecule has 0 rings (SSSR count). The Bertz CT molecular complexity index is 306. The molecule has 0 aromatic rings. The van der Waals surface area contributed by atoms with Crippen LogP contribution in [0, 0.1) is 5.92 Å². The maximum Gasteiger partial charge on any atom is 0.326 e. The minimum absolute atomic E-state index is 0.00307. The van der Waals surface area contributed by atoms with E-state index in [0.717, 1.165) is 0 Å². The molecular weight excluding hydrogens is 240 g/mol. The molecule has 0 aliphatic rings. The number of carboxylic acid groups (broad SMARTS) is 1. The van der Waals surface area contributed by atoms with Crippen molar-refractivity contribution < 1.29 is 24.2 Å². The van der Waals surface area contributed by atoms with Crippen LogP contribution < -0.4 is 11.1 Å². The smallest absolute Gasteiger partial charge is 0.326 e. The fourth-order valence-corrected chi connectivity index (χ4v) is 1.32. The fourth-order valence-electron chi connectivity index (χ4n) is 1.32. The van der Waals surface area contributed by atoms with Gasteiger partial charge >= 0.3 is 11.9 Å². The van der Waals surface area contributed by atoms with Crippen LogP contribution in [0.5, 0.6) is 0 Å². The number of hydrogen-bond acceptors (Lipinski definition) is 5. The second kappa shape index (κ2) is 8.46. The molecule has 2 atom stereocenters. The lowest BCUT2D eigenvalue weighted by Gasteiger charge is -2.17. The van der Waals surface area contributed by atoms with Crippen LogP contribution in [0.3, 0.4) is 0 Å². The number of esters is 1. The molecule has 0 aromatic heterocycles. The lowest BCUT2D eigenvalue weighted by molar-refractivity contribution is -0.144. The Labute approximate surface area is 106 Å². The second-order valence-corrected chi connectivity index (χ2v) is 3.99. The molecule has 0 fully saturated rings. The molecule has 2 unspecified atom stereocenters. The highest BCUT2D eigenvalue weighted by atomic mass is 16.5. The normalized spacial score (nSPS) is 13.5. The molecule has 0 heterocycles. The number of carbonyl (C=O) groups is 3. The van der Waals surface area contributed by atoms with Crippen molar-refractivity contribution >= 4 is 17.8 Å². The van der Waals surface area contributed by atoms with Crippen molar-refractivity contribution in [2.45, 2.75) is 32.2 Å². The van der Waals surface area contributed by atoms with Crippen LogP contribution >= 0.6 is 0 Å². The highest BCUT2D eigenvalue weighted by molar-refractivity contribution is 5.85. The number of hydrogen-bond donors (Lipinski definition) is 3. The van der Waals surface area contributed by atoms with E-state index < -0.39 is 18.0 Å². The van der Waals surface area contributed by atoms with E-state index in [1.807, 2.05) is 0 Å². The Balaban J connectivity index is 4.31. The third-order valence-corrected chi connectivity index (χ3v) is 2.53. The Morgan fingerprint density at radius 1 is 1.33 bits per heavy atom. The number of carbonyl (C=O) groups excluding carboxylic acids is 2. The molecule has 0 aromatic carbocycles. The Morgan fingerprint density at radius 3 is 2.39 bits per heavy atom. The summed E-state index contributed by atoms with van der Waals surface area (Å²) in [4.78, 5) is 33.5. The van der Waals surface area contributed by atoms with Crippen molar-refractivity contribution in [3.05, 3.63) is 0 Å². The maximum absolute atomic E-state index is 11.6. The van der Waals surface area contributed by atoms with E-state index in [1.54, 1.807) is 6.92 Å². The van der Waals surface area contributed by atoms with E-state index in [2.05, 4.69) is 10.1 Å². The van der Waals surface area contributed by atoms with Crippen LogP contribution in [0.15, 0.2) is 0 Å². The number of nitrogens with one attached hydrogen (secondary N) is 1. The third kappa shape index (κ3) is 6.19. The molecule has 104 valence electrons. The standard InChI is InChI=1S/C11H20N2O5/c1-7(5-6-12)10(15)13-8(11(16)17)3-4-9(14)18-2/h7-8H,3-6,12H2,1-2H3,(H,13,15)(H,16,17). The quantitative estimate of drug-likeness (QED) is 0.506. The summed E-state index contributed by atoms with van der Waals surface area (Å²) in [5, 5.41) is 11.3. The average molecular weight is 260 g/mol. The molecule has 0 saturated heterocycles. The van der Waals surface area contributed by atoms with Gasteiger partial charge in [-0.2, -0.15) is 0 Å². The van der Waals surface area contributed by atoms with Gasteiger partial charge in [-0.3, -0.25) is 9.59 Å². The molecule has 7 heteroatoms. The minimum Gasteiger partial charge on any atom is -0.480 e. The second-order valence-electron chi connectivity index (χ2n) is 3.99. The van der Waals surface area contributed by atoms with Crippen LogP contribution in [-0.4, -0.2) is 42.6 Å². The van der Waals surface area contributed by atoms with E-state index >= 15 is 0 Å². The summed E-state index contributed by atoms with van der Waals surface area (Å²) in [5.74, 6) is -2.41. The van der Waals surface area contributed by atoms with E-state index in [0.29, 0.717) is 13.0 Å². The SMILES string of the molecule is COC(=O)CCC(NC(=O)C(C)CCN)C(=O)O. The summed E-state index contributed by atoms with van der Waals surface area (Å²) in [7, 11) is 1.22. The zero-order chi connectivity index (χ0) is 14.1. The van der Waals surface area contributed by atoms with Crippen molar-refractivity contribution in [3.63, 3.8) is 0 Å². The molecule has 0 spiro atoms. The number of methoxy groups -OCH3 is 1. The van der Waals surface area contributed by atoms with Gasteiger partial charge in [-0.05, 0) is 19.4 Å². The molecule has 0 radical (unpaired) electrons. The first kappa shape index (κ1) is 16.4. The summed E-state index contributed by atoms with van der Waals surface area (Å²) in [6.45, 7) is 2.02. The summed E-state index contributed by atoms with van der Waals surface area (Å²) in [6, 6.07) is -1.09. The largest absolute Gasteiger partial charge is 0.480 e. The Hall–Kier alpha value is -1.63. The first-order valence-electron chi connectivity index (χ1n) is 5.72. The molecule has 18 heavy (non-hydrogen) atoms. The number of amides is 1. The molecule has 4 N–H and O–H groups in total. The summed E-state index contributed by atoms with van der Waals surface area (Å²) >= 11 is 0. The van der Waals surface area contributed by atoms with Crippen molar-refractivity contribution in [1.29, 1.82) is 0 Å². The number of aliphatic carboxylic acids is 1. The highest BCUT2D eigenvalue weighted by Gasteiger charge is 2.23. The van der Waals surface area contributed by atoms with Crippen LogP contribution in [0.1, 0.15) is 26.2 Å². The van der Waals surface area contributed by atoms with Crippen molar-refractivity contribution in [1.82, 2.24) is 5.32 Å². The molecule has 0 aliphatic heterocycles. The average Bonchev–Trinajstić information content (AvgIpc) is 2.33. The van der Waals surface area contributed by atoms with Crippen LogP contribution in [0.4, 0.5) is 0 Å². The van der Waals surface area contributed by atoms with Gasteiger partial charge in [0.1, 0.15) is 6.04 Å². The summed E-state index contributed by atoms with van der Waals surface area (Å²) in [6.07, 6.45) is 0.428. The van der Waals surface area contributed by atoms with Gasteiger partial charge in [0.2, 0.25) is 5.91 Å². The molecule has 0 aliphatic carbocycles. The van der Waals surface area contributed by atoms with Crippen molar-refractivity contribution in [2.75, 3.05) is 13.7 Å². The number of nitrogens with two attached hydrogens (primary N) is 1. The molecule has 0 bridgehead atoms. The maximum atomic E-state index is 11.6. The predicted octanol–water partition coefficient (Wildman–Crippen LogP) is -0.506. The predicted molar refractivity (Wildman–Crippen MR) is 63.7 cm³/mol. The molecule has 1 amide bonds. The third-order valence-electron chi connectivity index (χ3n) is 2.53. The van der Waals surface area contributed by atoms with Crippen LogP contribution in [-0.2, 0) is 19.1 Å². The number of ether oxygens (including phenoxy) is 1. The van der Waals surface area contributed by atoms with Crippen LogP contribution in [0.2, 0.25) is 0 Å². The van der Waals surface area contributed by atoms with Crippen molar-refractivity contribution in [3.8, 4) is 0 Å². The van der Waals surface area contributed by atoms with Crippen LogP contribution in [0.25, 0.3) is 0 Å². The van der Waals surface area contributed by atoms with Gasteiger partial charge in [-0.15, -0.1) is 0 Å². The van der Waals surface area contributed by atoms with Gasteiger partial charge in [-0.25, -0.2) is 4.79 Å². The zero-order valence-electron chi connectivity index (χ0n) is 10.6. The van der Waals surface area contributed by atoms with Crippen molar-refractivity contribution in [2.24, 2.45) is 11.7 Å². The van der Waals surface area contributed by atoms with Gasteiger partial charge in [0.05, 0.1) is 7.11 Å². The van der Waals surface area contributed by atoms with Gasteiger partial charge in [0, 0.05) is 12.3 Å². The van der Waals surface area contributed by atoms with Gasteiger partial charge in [0.25, 0.3) is 0 Å². The fraction of sp³-hybridized carbons (Fsp3) is 0.727. The summed E-state index contributed by atoms with van der Waals surface area (Å²) < 4.78 is 4.41. The van der Waals surface area contributed by atoms with E-state index in [1.165, 1.54) is 7.11 Å². The topological polar surface area (TPSA) is 119 Å². The minimum atomic E-state index is -1.17. The lowest BCUT2D eigenvalue weighted by Crippen LogP contribution is -2.43. The first-order chi connectivity index (χ1) is 8.42. The first-order valence-corrected chi connectivity index (χ1v) is 5.72. The van der Waals surface area contributed by atoms with Gasteiger partial charge in [0.15, 0.2) is 0 Å². The zero-order valence-corrected chi connectivity index (χ0v) is 10.6. The molecule has 7 nitrogen and oxygen atoms in total. The number of carboxylic acids is 1. The molecule has 0 saturated carbocycles.